The maximum Gasteiger partial charge on any atom is 0.337 e. The van der Waals surface area contributed by atoms with Crippen LogP contribution in [0.5, 0.6) is 6.01 Å². The summed E-state index contributed by atoms with van der Waals surface area (Å²) >= 11 is 0. The highest BCUT2D eigenvalue weighted by molar-refractivity contribution is 5.83. The van der Waals surface area contributed by atoms with Crippen molar-refractivity contribution in [3.05, 3.63) is 43.1 Å². The molecule has 1 heterocycles. The van der Waals surface area contributed by atoms with Crippen LogP contribution in [0.1, 0.15) is 0 Å². The Hall–Kier alpha value is -2.23. The van der Waals surface area contributed by atoms with Gasteiger partial charge in [0.15, 0.2) is 0 Å². The van der Waals surface area contributed by atoms with Crippen molar-refractivity contribution in [2.45, 2.75) is 0 Å². The topological polar surface area (TPSA) is 52.1 Å². The average molecular weight is 200 g/mol. The zero-order valence-electron chi connectivity index (χ0n) is 7.88. The number of benzene rings is 1. The van der Waals surface area contributed by atoms with Gasteiger partial charge < -0.3 is 4.74 Å². The van der Waals surface area contributed by atoms with E-state index in [0.717, 1.165) is 17.0 Å². The minimum Gasteiger partial charge on any atom is -0.388 e. The zero-order chi connectivity index (χ0) is 10.7. The van der Waals surface area contributed by atoms with E-state index in [4.69, 9.17) is 4.74 Å². The lowest BCUT2D eigenvalue weighted by atomic mass is 10.2. The van der Waals surface area contributed by atoms with Crippen LogP contribution in [0.4, 0.5) is 0 Å². The molecule has 0 spiro atoms. The smallest absolute Gasteiger partial charge is 0.337 e. The molecular weight excluding hydrogens is 192 g/mol. The number of para-hydroxylation sites is 1. The Bertz CT molecular complexity index is 523. The van der Waals surface area contributed by atoms with Crippen molar-refractivity contribution in [1.82, 2.24) is 9.97 Å². The number of ether oxygens (including phenoxy) is 1. The molecule has 1 aromatic heterocycles. The van der Waals surface area contributed by atoms with E-state index in [1.165, 1.54) is 0 Å². The number of carbonyl (C=O) groups is 1. The van der Waals surface area contributed by atoms with E-state index < -0.39 is 5.97 Å². The van der Waals surface area contributed by atoms with Crippen LogP contribution >= 0.6 is 0 Å². The normalized spacial score (nSPS) is 9.87. The molecule has 0 aliphatic carbocycles. The molecule has 0 saturated carbocycles. The number of esters is 1. The molecule has 4 heteroatoms. The van der Waals surface area contributed by atoms with Crippen LogP contribution in [0.25, 0.3) is 10.9 Å². The molecule has 0 unspecified atom stereocenters. The molecule has 2 rings (SSSR count). The van der Waals surface area contributed by atoms with Gasteiger partial charge in [-0.25, -0.2) is 9.78 Å². The highest BCUT2D eigenvalue weighted by Gasteiger charge is 2.03. The summed E-state index contributed by atoms with van der Waals surface area (Å²) in [6.07, 6.45) is 2.67. The Kier molecular flexibility index (Phi) is 2.41. The van der Waals surface area contributed by atoms with Gasteiger partial charge in [0.1, 0.15) is 0 Å². The first-order valence-corrected chi connectivity index (χ1v) is 4.35. The third kappa shape index (κ3) is 1.99. The first-order valence-electron chi connectivity index (χ1n) is 4.35. The van der Waals surface area contributed by atoms with Crippen LogP contribution < -0.4 is 4.74 Å². The molecule has 4 nitrogen and oxygen atoms in total. The molecule has 15 heavy (non-hydrogen) atoms. The number of nitrogens with zero attached hydrogens (tertiary/aromatic N) is 2. The molecule has 1 aromatic carbocycles. The number of hydrogen-bond acceptors (Lipinski definition) is 4. The number of carbonyl (C=O) groups excluding carboxylic acids is 1. The van der Waals surface area contributed by atoms with Gasteiger partial charge in [0.25, 0.3) is 0 Å². The van der Waals surface area contributed by atoms with E-state index in [1.54, 1.807) is 6.20 Å². The van der Waals surface area contributed by atoms with Gasteiger partial charge in [0.05, 0.1) is 5.52 Å². The van der Waals surface area contributed by atoms with E-state index in [1.807, 2.05) is 24.3 Å². The summed E-state index contributed by atoms with van der Waals surface area (Å²) in [6, 6.07) is 7.49. The monoisotopic (exact) mass is 200 g/mol. The lowest BCUT2D eigenvalue weighted by molar-refractivity contribution is -0.129. The SMILES string of the molecule is C=CC(=O)Oc1ncc2ccccc2n1. The van der Waals surface area contributed by atoms with Crippen molar-refractivity contribution in [2.75, 3.05) is 0 Å². The minimum absolute atomic E-state index is 0.0404. The fraction of sp³-hybridized carbons (Fsp3) is 0. The highest BCUT2D eigenvalue weighted by Crippen LogP contribution is 2.12. The molecule has 0 amide bonds. The summed E-state index contributed by atoms with van der Waals surface area (Å²) in [5.41, 5.74) is 0.736. The molecule has 0 saturated heterocycles. The number of hydrogen-bond donors (Lipinski definition) is 0. The summed E-state index contributed by atoms with van der Waals surface area (Å²) in [5.74, 6) is -0.565. The number of fused-ring (bicyclic) bond motifs is 1. The maximum atomic E-state index is 10.9. The first-order chi connectivity index (χ1) is 7.29. The highest BCUT2D eigenvalue weighted by atomic mass is 16.5. The van der Waals surface area contributed by atoms with Gasteiger partial charge in [-0.3, -0.25) is 0 Å². The second-order valence-corrected chi connectivity index (χ2v) is 2.84. The van der Waals surface area contributed by atoms with Crippen molar-refractivity contribution in [3.8, 4) is 6.01 Å². The van der Waals surface area contributed by atoms with Gasteiger partial charge >= 0.3 is 12.0 Å². The Labute approximate surface area is 86.2 Å². The first kappa shape index (κ1) is 9.33. The quantitative estimate of drug-likeness (QED) is 0.547. The molecular formula is C11H8N2O2. The van der Waals surface area contributed by atoms with Gasteiger partial charge in [0.2, 0.25) is 0 Å². The summed E-state index contributed by atoms with van der Waals surface area (Å²) in [6.45, 7) is 3.29. The van der Waals surface area contributed by atoms with Crippen LogP contribution in [-0.2, 0) is 4.79 Å². The van der Waals surface area contributed by atoms with E-state index in [-0.39, 0.29) is 6.01 Å². The summed E-state index contributed by atoms with van der Waals surface area (Å²) in [4.78, 5) is 18.9. The van der Waals surface area contributed by atoms with E-state index in [0.29, 0.717) is 0 Å². The van der Waals surface area contributed by atoms with Gasteiger partial charge in [-0.05, 0) is 6.07 Å². The lowest BCUT2D eigenvalue weighted by Crippen LogP contribution is -2.06. The third-order valence-corrected chi connectivity index (χ3v) is 1.83. The zero-order valence-corrected chi connectivity index (χ0v) is 7.88. The number of aromatic nitrogens is 2. The second kappa shape index (κ2) is 3.88. The van der Waals surface area contributed by atoms with Gasteiger partial charge in [-0.1, -0.05) is 24.8 Å². The van der Waals surface area contributed by atoms with Crippen molar-refractivity contribution >= 4 is 16.9 Å². The molecule has 2 aromatic rings. The standard InChI is InChI=1S/C11H8N2O2/c1-2-10(14)15-11-12-7-8-5-3-4-6-9(8)13-11/h2-7H,1H2. The minimum atomic E-state index is -0.565. The molecule has 0 bridgehead atoms. The maximum absolute atomic E-state index is 10.9. The molecule has 0 aliphatic rings. The Morgan fingerprint density at radius 2 is 2.20 bits per heavy atom. The van der Waals surface area contributed by atoms with E-state index in [9.17, 15) is 4.79 Å². The van der Waals surface area contributed by atoms with Crippen LogP contribution in [0.2, 0.25) is 0 Å². The van der Waals surface area contributed by atoms with Gasteiger partial charge in [-0.2, -0.15) is 4.98 Å². The van der Waals surface area contributed by atoms with E-state index in [2.05, 4.69) is 16.5 Å². The number of rotatable bonds is 2. The second-order valence-electron chi connectivity index (χ2n) is 2.84. The van der Waals surface area contributed by atoms with Crippen LogP contribution in [-0.4, -0.2) is 15.9 Å². The predicted molar refractivity (Wildman–Crippen MR) is 55.4 cm³/mol. The Morgan fingerprint density at radius 1 is 1.40 bits per heavy atom. The average Bonchev–Trinajstić information content (AvgIpc) is 2.29. The fourth-order valence-corrected chi connectivity index (χ4v) is 1.14. The van der Waals surface area contributed by atoms with Crippen molar-refractivity contribution in [3.63, 3.8) is 0 Å². The molecule has 0 aliphatic heterocycles. The molecule has 74 valence electrons. The van der Waals surface area contributed by atoms with E-state index >= 15 is 0 Å². The van der Waals surface area contributed by atoms with Gasteiger partial charge in [0, 0.05) is 17.7 Å². The van der Waals surface area contributed by atoms with Crippen LogP contribution in [0, 0.1) is 0 Å². The van der Waals surface area contributed by atoms with Crippen LogP contribution in [0.15, 0.2) is 43.1 Å². The van der Waals surface area contributed by atoms with Crippen molar-refractivity contribution in [2.24, 2.45) is 0 Å². The van der Waals surface area contributed by atoms with Gasteiger partial charge in [-0.15, -0.1) is 0 Å². The lowest BCUT2D eigenvalue weighted by Gasteiger charge is -2.00. The summed E-state index contributed by atoms with van der Waals surface area (Å²) in [5, 5.41) is 0.899. The Morgan fingerprint density at radius 3 is 3.00 bits per heavy atom. The van der Waals surface area contributed by atoms with Crippen LogP contribution in [0.3, 0.4) is 0 Å². The summed E-state index contributed by atoms with van der Waals surface area (Å²) in [7, 11) is 0. The largest absolute Gasteiger partial charge is 0.388 e. The Balaban J connectivity index is 2.38. The fourth-order valence-electron chi connectivity index (χ4n) is 1.14. The van der Waals surface area contributed by atoms with Crippen molar-refractivity contribution in [1.29, 1.82) is 0 Å². The predicted octanol–water partition coefficient (Wildman–Crippen LogP) is 1.72. The third-order valence-electron chi connectivity index (χ3n) is 1.83. The molecule has 0 N–H and O–H groups in total. The molecule has 0 atom stereocenters. The summed E-state index contributed by atoms with van der Waals surface area (Å²) < 4.78 is 4.79. The van der Waals surface area contributed by atoms with Crippen molar-refractivity contribution < 1.29 is 9.53 Å². The molecule has 0 fully saturated rings. The molecule has 0 radical (unpaired) electrons.